The number of nitrogens with one attached hydrogen (secondary N) is 2. The fourth-order valence-electron chi connectivity index (χ4n) is 4.03. The molecule has 0 radical (unpaired) electrons. The first-order valence-corrected chi connectivity index (χ1v) is 12.9. The maximum absolute atomic E-state index is 14.0. The first kappa shape index (κ1) is 31.0. The number of alkyl carbamates (subject to hydrolysis) is 1. The number of amides is 3. The van der Waals surface area contributed by atoms with Crippen LogP contribution in [0, 0.1) is 18.3 Å². The Balaban J connectivity index is 3.48. The van der Waals surface area contributed by atoms with Gasteiger partial charge in [-0.3, -0.25) is 9.59 Å². The first-order chi connectivity index (χ1) is 16.7. The van der Waals surface area contributed by atoms with Crippen molar-refractivity contribution in [2.45, 2.75) is 111 Å². The standard InChI is InChI=1S/C29H45N3O4/c1-11-13-21(7)30-26(33)25(23-16-14-22(12-2)15-17-23)32(20(5)6)27(34)24(18-19(3)4)31-28(35)36-29(8,9)10/h2,14-17,19-21,24-25H,11,13,18H2,1,3-10H3,(H,30,33)(H,31,35). The Morgan fingerprint density at radius 2 is 1.61 bits per heavy atom. The highest BCUT2D eigenvalue weighted by atomic mass is 16.6. The van der Waals surface area contributed by atoms with E-state index in [9.17, 15) is 14.4 Å². The molecular formula is C29H45N3O4. The molecule has 1 aromatic carbocycles. The van der Waals surface area contributed by atoms with Crippen molar-refractivity contribution in [3.8, 4) is 12.3 Å². The predicted molar refractivity (Wildman–Crippen MR) is 144 cm³/mol. The van der Waals surface area contributed by atoms with E-state index >= 15 is 0 Å². The molecule has 3 unspecified atom stereocenters. The molecule has 3 atom stereocenters. The summed E-state index contributed by atoms with van der Waals surface area (Å²) in [6.45, 7) is 17.0. The number of nitrogens with zero attached hydrogens (tertiary/aromatic N) is 1. The second-order valence-corrected chi connectivity index (χ2v) is 11.0. The van der Waals surface area contributed by atoms with Gasteiger partial charge in [-0.25, -0.2) is 4.79 Å². The molecule has 0 heterocycles. The Bertz CT molecular complexity index is 910. The summed E-state index contributed by atoms with van der Waals surface area (Å²) >= 11 is 0. The Morgan fingerprint density at radius 1 is 1.03 bits per heavy atom. The van der Waals surface area contributed by atoms with E-state index < -0.39 is 23.8 Å². The van der Waals surface area contributed by atoms with Crippen molar-refractivity contribution in [2.75, 3.05) is 0 Å². The third-order valence-electron chi connectivity index (χ3n) is 5.54. The molecule has 0 fully saturated rings. The zero-order valence-corrected chi connectivity index (χ0v) is 23.5. The smallest absolute Gasteiger partial charge is 0.408 e. The van der Waals surface area contributed by atoms with Crippen molar-refractivity contribution in [2.24, 2.45) is 5.92 Å². The van der Waals surface area contributed by atoms with Crippen molar-refractivity contribution >= 4 is 17.9 Å². The molecule has 0 spiro atoms. The quantitative estimate of drug-likeness (QED) is 0.410. The van der Waals surface area contributed by atoms with E-state index in [1.807, 2.05) is 34.6 Å². The average molecular weight is 500 g/mol. The molecule has 36 heavy (non-hydrogen) atoms. The summed E-state index contributed by atoms with van der Waals surface area (Å²) in [5, 5.41) is 5.82. The molecule has 0 aromatic heterocycles. The van der Waals surface area contributed by atoms with Gasteiger partial charge in [-0.2, -0.15) is 0 Å². The fraction of sp³-hybridized carbons (Fsp3) is 0.621. The molecule has 0 bridgehead atoms. The lowest BCUT2D eigenvalue weighted by molar-refractivity contribution is -0.145. The summed E-state index contributed by atoms with van der Waals surface area (Å²) in [6, 6.07) is 4.98. The number of rotatable bonds is 11. The number of terminal acetylenes is 1. The van der Waals surface area contributed by atoms with Gasteiger partial charge in [-0.15, -0.1) is 6.42 Å². The molecule has 2 N–H and O–H groups in total. The van der Waals surface area contributed by atoms with Gasteiger partial charge in [0.15, 0.2) is 0 Å². The molecule has 0 saturated carbocycles. The monoisotopic (exact) mass is 499 g/mol. The molecule has 200 valence electrons. The van der Waals surface area contributed by atoms with E-state index in [0.717, 1.165) is 12.8 Å². The van der Waals surface area contributed by atoms with E-state index in [2.05, 4.69) is 23.5 Å². The van der Waals surface area contributed by atoms with Gasteiger partial charge in [-0.1, -0.05) is 45.2 Å². The fourth-order valence-corrected chi connectivity index (χ4v) is 4.03. The highest BCUT2D eigenvalue weighted by Gasteiger charge is 2.38. The molecule has 0 aliphatic rings. The lowest BCUT2D eigenvalue weighted by atomic mass is 9.97. The molecule has 1 aromatic rings. The summed E-state index contributed by atoms with van der Waals surface area (Å²) in [4.78, 5) is 41.8. The number of hydrogen-bond donors (Lipinski definition) is 2. The summed E-state index contributed by atoms with van der Waals surface area (Å²) in [6.07, 6.45) is 7.00. The van der Waals surface area contributed by atoms with E-state index in [4.69, 9.17) is 11.2 Å². The van der Waals surface area contributed by atoms with Gasteiger partial charge in [0.05, 0.1) is 0 Å². The van der Waals surface area contributed by atoms with Gasteiger partial charge >= 0.3 is 6.09 Å². The lowest BCUT2D eigenvalue weighted by Gasteiger charge is -2.38. The molecule has 3 amide bonds. The molecule has 0 aliphatic carbocycles. The molecule has 7 nitrogen and oxygen atoms in total. The van der Waals surface area contributed by atoms with Gasteiger partial charge in [0.1, 0.15) is 17.7 Å². The number of carbonyl (C=O) groups is 3. The van der Waals surface area contributed by atoms with E-state index in [1.54, 1.807) is 49.9 Å². The minimum atomic E-state index is -0.890. The second kappa shape index (κ2) is 13.9. The minimum absolute atomic E-state index is 0.0505. The van der Waals surface area contributed by atoms with Crippen LogP contribution in [-0.2, 0) is 14.3 Å². The van der Waals surface area contributed by atoms with E-state index in [-0.39, 0.29) is 29.8 Å². The number of carbonyl (C=O) groups excluding carboxylic acids is 3. The molecular weight excluding hydrogens is 454 g/mol. The van der Waals surface area contributed by atoms with Crippen molar-refractivity contribution < 1.29 is 19.1 Å². The SMILES string of the molecule is C#Cc1ccc(C(C(=O)NC(C)CCC)N(C(=O)C(CC(C)C)NC(=O)OC(C)(C)C)C(C)C)cc1. The Labute approximate surface area is 217 Å². The van der Waals surface area contributed by atoms with Crippen LogP contribution in [0.25, 0.3) is 0 Å². The average Bonchev–Trinajstić information content (AvgIpc) is 2.74. The van der Waals surface area contributed by atoms with Crippen LogP contribution in [0.1, 0.15) is 98.7 Å². The number of benzene rings is 1. The normalized spacial score (nSPS) is 13.9. The van der Waals surface area contributed by atoms with Crippen LogP contribution < -0.4 is 10.6 Å². The Morgan fingerprint density at radius 3 is 2.06 bits per heavy atom. The summed E-state index contributed by atoms with van der Waals surface area (Å²) < 4.78 is 5.42. The van der Waals surface area contributed by atoms with Crippen LogP contribution in [-0.4, -0.2) is 46.5 Å². The molecule has 7 heteroatoms. The van der Waals surface area contributed by atoms with Crippen LogP contribution in [0.5, 0.6) is 0 Å². The zero-order chi connectivity index (χ0) is 27.6. The van der Waals surface area contributed by atoms with Gasteiger partial charge in [0, 0.05) is 17.6 Å². The summed E-state index contributed by atoms with van der Waals surface area (Å²) in [7, 11) is 0. The van der Waals surface area contributed by atoms with Gasteiger partial charge in [0.25, 0.3) is 0 Å². The van der Waals surface area contributed by atoms with Crippen molar-refractivity contribution in [1.82, 2.24) is 15.5 Å². The van der Waals surface area contributed by atoms with Crippen LogP contribution in [0.3, 0.4) is 0 Å². The van der Waals surface area contributed by atoms with E-state index in [0.29, 0.717) is 17.5 Å². The maximum atomic E-state index is 14.0. The van der Waals surface area contributed by atoms with Crippen molar-refractivity contribution in [3.63, 3.8) is 0 Å². The molecule has 0 saturated heterocycles. The summed E-state index contributed by atoms with van der Waals surface area (Å²) in [5.41, 5.74) is 0.630. The number of hydrogen-bond acceptors (Lipinski definition) is 4. The Hall–Kier alpha value is -3.01. The third-order valence-corrected chi connectivity index (χ3v) is 5.54. The van der Waals surface area contributed by atoms with Crippen LogP contribution in [0.2, 0.25) is 0 Å². The largest absolute Gasteiger partial charge is 0.444 e. The zero-order valence-electron chi connectivity index (χ0n) is 23.5. The molecule has 0 aliphatic heterocycles. The van der Waals surface area contributed by atoms with Crippen molar-refractivity contribution in [3.05, 3.63) is 35.4 Å². The second-order valence-electron chi connectivity index (χ2n) is 11.0. The first-order valence-electron chi connectivity index (χ1n) is 12.9. The topological polar surface area (TPSA) is 87.7 Å². The van der Waals surface area contributed by atoms with Gasteiger partial charge < -0.3 is 20.3 Å². The van der Waals surface area contributed by atoms with Crippen LogP contribution in [0.15, 0.2) is 24.3 Å². The highest BCUT2D eigenvalue weighted by molar-refractivity contribution is 5.92. The molecule has 1 rings (SSSR count). The maximum Gasteiger partial charge on any atom is 0.408 e. The van der Waals surface area contributed by atoms with Gasteiger partial charge in [-0.05, 0) is 78.0 Å². The third kappa shape index (κ3) is 9.93. The van der Waals surface area contributed by atoms with Crippen molar-refractivity contribution in [1.29, 1.82) is 0 Å². The van der Waals surface area contributed by atoms with Gasteiger partial charge in [0.2, 0.25) is 11.8 Å². The number of ether oxygens (including phenoxy) is 1. The minimum Gasteiger partial charge on any atom is -0.444 e. The summed E-state index contributed by atoms with van der Waals surface area (Å²) in [5.74, 6) is 2.09. The Kier molecular flexibility index (Phi) is 12.0. The van der Waals surface area contributed by atoms with Crippen LogP contribution in [0.4, 0.5) is 4.79 Å². The van der Waals surface area contributed by atoms with E-state index in [1.165, 1.54) is 0 Å². The lowest BCUT2D eigenvalue weighted by Crippen LogP contribution is -2.55. The predicted octanol–water partition coefficient (Wildman–Crippen LogP) is 5.19. The van der Waals surface area contributed by atoms with Crippen LogP contribution >= 0.6 is 0 Å². The highest BCUT2D eigenvalue weighted by Crippen LogP contribution is 2.27.